The molecule has 0 aromatic heterocycles. The van der Waals surface area contributed by atoms with E-state index in [1.807, 2.05) is 86.8 Å². The number of rotatable bonds is 15. The van der Waals surface area contributed by atoms with Crippen molar-refractivity contribution in [1.82, 2.24) is 10.2 Å². The third-order valence-electron chi connectivity index (χ3n) is 7.62. The van der Waals surface area contributed by atoms with E-state index in [2.05, 4.69) is 21.2 Å². The molecule has 0 spiro atoms. The molecule has 2 amide bonds. The summed E-state index contributed by atoms with van der Waals surface area (Å²) in [6, 6.07) is 29.9. The summed E-state index contributed by atoms with van der Waals surface area (Å²) in [6.45, 7) is 4.08. The van der Waals surface area contributed by atoms with Gasteiger partial charge in [0.15, 0.2) is 0 Å². The van der Waals surface area contributed by atoms with E-state index in [4.69, 9.17) is 0 Å². The van der Waals surface area contributed by atoms with E-state index < -0.39 is 28.5 Å². The van der Waals surface area contributed by atoms with Gasteiger partial charge in [-0.3, -0.25) is 13.9 Å². The summed E-state index contributed by atoms with van der Waals surface area (Å²) in [7, 11) is -4.15. The van der Waals surface area contributed by atoms with Crippen LogP contribution in [0.2, 0.25) is 0 Å². The van der Waals surface area contributed by atoms with Gasteiger partial charge in [-0.2, -0.15) is 0 Å². The monoisotopic (exact) mass is 721 g/mol. The van der Waals surface area contributed by atoms with Gasteiger partial charge in [0.1, 0.15) is 12.6 Å². The van der Waals surface area contributed by atoms with Crippen molar-refractivity contribution in [2.45, 2.75) is 55.5 Å². The van der Waals surface area contributed by atoms with Gasteiger partial charge in [0.25, 0.3) is 10.0 Å². The molecule has 0 unspecified atom stereocenters. The Bertz CT molecular complexity index is 1680. The van der Waals surface area contributed by atoms with Crippen molar-refractivity contribution in [3.63, 3.8) is 0 Å². The Morgan fingerprint density at radius 1 is 0.870 bits per heavy atom. The number of hydrogen-bond donors (Lipinski definition) is 1. The standard InChI is InChI=1S/C36H40BrN3O4S2/c1-4-5-23-38-36(42)34(24-28-9-7-6-8-10-28)39(25-29-13-15-30(37)16-14-29)35(41)26-40(31-17-11-27(2)12-18-31)46(43,44)33-21-19-32(45-3)20-22-33/h6-22,34H,4-5,23-26H2,1-3H3,(H,38,42)/t34-/m0/s1. The number of amides is 2. The van der Waals surface area contributed by atoms with Gasteiger partial charge in [-0.05, 0) is 79.3 Å². The fourth-order valence-corrected chi connectivity index (χ4v) is 7.05. The smallest absolute Gasteiger partial charge is 0.264 e. The Kier molecular flexibility index (Phi) is 12.9. The second-order valence-electron chi connectivity index (χ2n) is 11.0. The van der Waals surface area contributed by atoms with Crippen LogP contribution in [0.4, 0.5) is 5.69 Å². The van der Waals surface area contributed by atoms with Crippen molar-refractivity contribution < 1.29 is 18.0 Å². The number of aryl methyl sites for hydroxylation is 1. The maximum atomic E-state index is 14.5. The van der Waals surface area contributed by atoms with Crippen molar-refractivity contribution in [1.29, 1.82) is 0 Å². The molecule has 7 nitrogen and oxygen atoms in total. The molecule has 0 heterocycles. The molecule has 0 aliphatic carbocycles. The molecular formula is C36H40BrN3O4S2. The van der Waals surface area contributed by atoms with Crippen LogP contribution < -0.4 is 9.62 Å². The first-order valence-electron chi connectivity index (χ1n) is 15.2. The van der Waals surface area contributed by atoms with Crippen molar-refractivity contribution in [2.75, 3.05) is 23.7 Å². The molecule has 1 atom stereocenters. The Morgan fingerprint density at radius 2 is 1.52 bits per heavy atom. The largest absolute Gasteiger partial charge is 0.354 e. The number of nitrogens with zero attached hydrogens (tertiary/aromatic N) is 2. The van der Waals surface area contributed by atoms with Gasteiger partial charge in [0, 0.05) is 28.9 Å². The molecule has 10 heteroatoms. The number of carbonyl (C=O) groups is 2. The predicted octanol–water partition coefficient (Wildman–Crippen LogP) is 7.23. The quantitative estimate of drug-likeness (QED) is 0.103. The van der Waals surface area contributed by atoms with Crippen molar-refractivity contribution in [2.24, 2.45) is 0 Å². The predicted molar refractivity (Wildman–Crippen MR) is 190 cm³/mol. The Morgan fingerprint density at radius 3 is 2.13 bits per heavy atom. The Hall–Kier alpha value is -3.60. The first-order chi connectivity index (χ1) is 22.1. The van der Waals surface area contributed by atoms with Crippen LogP contribution in [-0.4, -0.2) is 50.5 Å². The molecule has 4 aromatic rings. The summed E-state index contributed by atoms with van der Waals surface area (Å²) in [5, 5.41) is 3.02. The number of halogens is 1. The number of thioether (sulfide) groups is 1. The number of hydrogen-bond acceptors (Lipinski definition) is 5. The fourth-order valence-electron chi connectivity index (χ4n) is 4.96. The second kappa shape index (κ2) is 16.8. The topological polar surface area (TPSA) is 86.8 Å². The van der Waals surface area contributed by atoms with Gasteiger partial charge in [-0.15, -0.1) is 11.8 Å². The minimum Gasteiger partial charge on any atom is -0.354 e. The van der Waals surface area contributed by atoms with Gasteiger partial charge in [0.05, 0.1) is 10.6 Å². The SMILES string of the molecule is CCCCNC(=O)[C@H](Cc1ccccc1)N(Cc1ccc(Br)cc1)C(=O)CN(c1ccc(C)cc1)S(=O)(=O)c1ccc(SC)cc1. The molecular weight excluding hydrogens is 682 g/mol. The first-order valence-corrected chi connectivity index (χ1v) is 18.7. The van der Waals surface area contributed by atoms with Crippen LogP contribution in [0.3, 0.4) is 0 Å². The number of anilines is 1. The average Bonchev–Trinajstić information content (AvgIpc) is 3.07. The van der Waals surface area contributed by atoms with Crippen LogP contribution in [0.1, 0.15) is 36.5 Å². The summed E-state index contributed by atoms with van der Waals surface area (Å²) in [5.41, 5.74) is 3.03. The van der Waals surface area contributed by atoms with Crippen molar-refractivity contribution >= 4 is 55.2 Å². The molecule has 0 bridgehead atoms. The highest BCUT2D eigenvalue weighted by Gasteiger charge is 2.34. The van der Waals surface area contributed by atoms with Gasteiger partial charge < -0.3 is 10.2 Å². The summed E-state index contributed by atoms with van der Waals surface area (Å²) in [4.78, 5) is 30.9. The van der Waals surface area contributed by atoms with Crippen molar-refractivity contribution in [3.05, 3.63) is 124 Å². The van der Waals surface area contributed by atoms with E-state index in [1.165, 1.54) is 16.7 Å². The number of nitrogens with one attached hydrogen (secondary N) is 1. The molecule has 46 heavy (non-hydrogen) atoms. The molecule has 242 valence electrons. The van der Waals surface area contributed by atoms with Crippen molar-refractivity contribution in [3.8, 4) is 0 Å². The van der Waals surface area contributed by atoms with Crippen LogP contribution in [0.15, 0.2) is 117 Å². The number of carbonyl (C=O) groups excluding carboxylic acids is 2. The van der Waals surface area contributed by atoms with E-state index in [-0.39, 0.29) is 23.8 Å². The maximum absolute atomic E-state index is 14.5. The molecule has 4 rings (SSSR count). The molecule has 0 fully saturated rings. The van der Waals surface area contributed by atoms with Crippen LogP contribution in [0.25, 0.3) is 0 Å². The highest BCUT2D eigenvalue weighted by molar-refractivity contribution is 9.10. The zero-order chi connectivity index (χ0) is 33.1. The highest BCUT2D eigenvalue weighted by atomic mass is 79.9. The number of unbranched alkanes of at least 4 members (excludes halogenated alkanes) is 1. The summed E-state index contributed by atoms with van der Waals surface area (Å²) in [5.74, 6) is -0.764. The minimum atomic E-state index is -4.15. The second-order valence-corrected chi connectivity index (χ2v) is 14.7. The van der Waals surface area contributed by atoms with E-state index in [0.29, 0.717) is 12.2 Å². The van der Waals surface area contributed by atoms with Gasteiger partial charge >= 0.3 is 0 Å². The Balaban J connectivity index is 1.78. The molecule has 0 saturated carbocycles. The molecule has 4 aromatic carbocycles. The highest BCUT2D eigenvalue weighted by Crippen LogP contribution is 2.27. The van der Waals surface area contributed by atoms with Crippen LogP contribution in [-0.2, 0) is 32.6 Å². The first kappa shape index (κ1) is 35.3. The normalized spacial score (nSPS) is 11.9. The van der Waals surface area contributed by atoms with Gasteiger partial charge in [0.2, 0.25) is 11.8 Å². The third kappa shape index (κ3) is 9.47. The molecule has 0 saturated heterocycles. The number of benzene rings is 4. The van der Waals surface area contributed by atoms with E-state index in [9.17, 15) is 18.0 Å². The van der Waals surface area contributed by atoms with E-state index in [1.54, 1.807) is 36.4 Å². The van der Waals surface area contributed by atoms with Gasteiger partial charge in [-0.1, -0.05) is 89.4 Å². The lowest BCUT2D eigenvalue weighted by Gasteiger charge is -2.34. The lowest BCUT2D eigenvalue weighted by molar-refractivity contribution is -0.140. The molecule has 0 aliphatic heterocycles. The zero-order valence-corrected chi connectivity index (χ0v) is 29.6. The lowest BCUT2D eigenvalue weighted by atomic mass is 10.0. The number of sulfonamides is 1. The molecule has 0 radical (unpaired) electrons. The molecule has 0 aliphatic rings. The van der Waals surface area contributed by atoms with Crippen LogP contribution >= 0.6 is 27.7 Å². The summed E-state index contributed by atoms with van der Waals surface area (Å²) < 4.78 is 30.4. The zero-order valence-electron chi connectivity index (χ0n) is 26.4. The maximum Gasteiger partial charge on any atom is 0.264 e. The van der Waals surface area contributed by atoms with Gasteiger partial charge in [-0.25, -0.2) is 8.42 Å². The minimum absolute atomic E-state index is 0.0799. The Labute approximate surface area is 285 Å². The third-order valence-corrected chi connectivity index (χ3v) is 10.7. The fraction of sp³-hybridized carbons (Fsp3) is 0.278. The summed E-state index contributed by atoms with van der Waals surface area (Å²) in [6.07, 6.45) is 3.91. The van der Waals surface area contributed by atoms with E-state index in [0.717, 1.165) is 43.2 Å². The summed E-state index contributed by atoms with van der Waals surface area (Å²) >= 11 is 4.98. The van der Waals surface area contributed by atoms with Crippen LogP contribution in [0, 0.1) is 6.92 Å². The van der Waals surface area contributed by atoms with E-state index >= 15 is 0 Å². The van der Waals surface area contributed by atoms with Crippen LogP contribution in [0.5, 0.6) is 0 Å². The molecule has 1 N–H and O–H groups in total. The lowest BCUT2D eigenvalue weighted by Crippen LogP contribution is -2.53. The average molecular weight is 723 g/mol.